The van der Waals surface area contributed by atoms with Gasteiger partial charge >= 0.3 is 5.97 Å². The Morgan fingerprint density at radius 1 is 1.47 bits per heavy atom. The second-order valence-electron chi connectivity index (χ2n) is 4.41. The highest BCUT2D eigenvalue weighted by molar-refractivity contribution is 9.11. The van der Waals surface area contributed by atoms with Gasteiger partial charge in [-0.25, -0.2) is 4.98 Å². The number of methoxy groups -OCH3 is 1. The van der Waals surface area contributed by atoms with Crippen LogP contribution in [0.3, 0.4) is 0 Å². The molecule has 1 fully saturated rings. The lowest BCUT2D eigenvalue weighted by Crippen LogP contribution is -2.27. The third kappa shape index (κ3) is 2.71. The van der Waals surface area contributed by atoms with Gasteiger partial charge in [-0.2, -0.15) is 0 Å². The van der Waals surface area contributed by atoms with Crippen molar-refractivity contribution >= 4 is 33.2 Å². The lowest BCUT2D eigenvalue weighted by atomic mass is 9.78. The van der Waals surface area contributed by atoms with Crippen molar-refractivity contribution in [3.8, 4) is 0 Å². The lowest BCUT2D eigenvalue weighted by molar-refractivity contribution is -0.147. The maximum absolute atomic E-state index is 11.8. The number of halogens is 1. The van der Waals surface area contributed by atoms with Crippen molar-refractivity contribution in [3.05, 3.63) is 14.5 Å². The number of hydrogen-bond acceptors (Lipinski definition) is 4. The normalized spacial score (nSPS) is 24.6. The van der Waals surface area contributed by atoms with E-state index in [4.69, 9.17) is 4.74 Å². The Balaban J connectivity index is 2.27. The van der Waals surface area contributed by atoms with Crippen molar-refractivity contribution in [2.45, 2.75) is 38.5 Å². The molecule has 1 aromatic rings. The van der Waals surface area contributed by atoms with Gasteiger partial charge in [-0.05, 0) is 35.7 Å². The molecule has 1 saturated carbocycles. The summed E-state index contributed by atoms with van der Waals surface area (Å²) in [4.78, 5) is 16.4. The number of hydrogen-bond donors (Lipinski definition) is 0. The molecule has 1 aromatic heterocycles. The summed E-state index contributed by atoms with van der Waals surface area (Å²) >= 11 is 5.19. The van der Waals surface area contributed by atoms with Crippen molar-refractivity contribution in [1.29, 1.82) is 0 Å². The first-order valence-corrected chi connectivity index (χ1v) is 7.45. The van der Waals surface area contributed by atoms with Crippen molar-refractivity contribution in [1.82, 2.24) is 4.98 Å². The van der Waals surface area contributed by atoms with E-state index >= 15 is 0 Å². The van der Waals surface area contributed by atoms with E-state index in [0.29, 0.717) is 0 Å². The van der Waals surface area contributed by atoms with E-state index in [0.717, 1.165) is 33.8 Å². The van der Waals surface area contributed by atoms with Crippen LogP contribution in [0.1, 0.15) is 42.3 Å². The average molecular weight is 318 g/mol. The smallest absolute Gasteiger partial charge is 0.309 e. The number of nitrogens with zero attached hydrogens (tertiary/aromatic N) is 1. The third-order valence-electron chi connectivity index (χ3n) is 3.34. The van der Waals surface area contributed by atoms with Crippen LogP contribution in [-0.2, 0) is 9.53 Å². The number of rotatable bonds is 2. The number of esters is 1. The van der Waals surface area contributed by atoms with Gasteiger partial charge in [0.05, 0.1) is 27.5 Å². The minimum atomic E-state index is -0.0905. The van der Waals surface area contributed by atoms with Gasteiger partial charge in [-0.3, -0.25) is 4.79 Å². The first-order valence-electron chi connectivity index (χ1n) is 5.84. The summed E-state index contributed by atoms with van der Waals surface area (Å²) in [6.45, 7) is 1.99. The Kier molecular flexibility index (Phi) is 4.20. The highest BCUT2D eigenvalue weighted by atomic mass is 79.9. The molecule has 0 aromatic carbocycles. The molecule has 2 rings (SSSR count). The SMILES string of the molecule is COC(=O)[C@H]1CCCC[C@@H]1c1nc(C)sc1Br. The summed E-state index contributed by atoms with van der Waals surface area (Å²) in [7, 11) is 1.47. The maximum Gasteiger partial charge on any atom is 0.309 e. The minimum Gasteiger partial charge on any atom is -0.469 e. The van der Waals surface area contributed by atoms with E-state index in [2.05, 4.69) is 20.9 Å². The molecule has 1 aliphatic carbocycles. The number of aryl methyl sites for hydroxylation is 1. The fourth-order valence-electron chi connectivity index (χ4n) is 2.54. The fourth-order valence-corrected chi connectivity index (χ4v) is 4.33. The Labute approximate surface area is 114 Å². The number of aromatic nitrogens is 1. The van der Waals surface area contributed by atoms with Crippen molar-refractivity contribution in [2.75, 3.05) is 7.11 Å². The molecular weight excluding hydrogens is 302 g/mol. The van der Waals surface area contributed by atoms with Crippen molar-refractivity contribution in [3.63, 3.8) is 0 Å². The van der Waals surface area contributed by atoms with Gasteiger partial charge in [-0.15, -0.1) is 11.3 Å². The molecular formula is C12H16BrNO2S. The van der Waals surface area contributed by atoms with E-state index in [-0.39, 0.29) is 17.8 Å². The molecule has 0 spiro atoms. The summed E-state index contributed by atoms with van der Waals surface area (Å²) in [5.41, 5.74) is 1.04. The molecule has 17 heavy (non-hydrogen) atoms. The van der Waals surface area contributed by atoms with E-state index < -0.39 is 0 Å². The maximum atomic E-state index is 11.8. The Morgan fingerprint density at radius 3 is 2.76 bits per heavy atom. The van der Waals surface area contributed by atoms with Crippen LogP contribution >= 0.6 is 27.3 Å². The summed E-state index contributed by atoms with van der Waals surface area (Å²) in [6, 6.07) is 0. The number of carbonyl (C=O) groups excluding carboxylic acids is 1. The topological polar surface area (TPSA) is 39.2 Å². The van der Waals surface area contributed by atoms with Crippen LogP contribution in [-0.4, -0.2) is 18.1 Å². The molecule has 0 saturated heterocycles. The number of carbonyl (C=O) groups is 1. The van der Waals surface area contributed by atoms with Gasteiger partial charge in [0, 0.05) is 5.92 Å². The van der Waals surface area contributed by atoms with E-state index in [1.807, 2.05) is 6.92 Å². The summed E-state index contributed by atoms with van der Waals surface area (Å²) in [6.07, 6.45) is 4.22. The molecule has 0 bridgehead atoms. The zero-order valence-corrected chi connectivity index (χ0v) is 12.4. The Hall–Kier alpha value is -0.420. The standard InChI is InChI=1S/C12H16BrNO2S/c1-7-14-10(11(13)17-7)8-5-3-4-6-9(8)12(15)16-2/h8-9H,3-6H2,1-2H3/t8-,9-/m0/s1. The summed E-state index contributed by atoms with van der Waals surface area (Å²) in [5.74, 6) is 0.106. The number of ether oxygens (including phenoxy) is 1. The summed E-state index contributed by atoms with van der Waals surface area (Å²) < 4.78 is 5.98. The molecule has 3 nitrogen and oxygen atoms in total. The molecule has 1 heterocycles. The Morgan fingerprint density at radius 2 is 2.18 bits per heavy atom. The molecule has 2 atom stereocenters. The predicted octanol–water partition coefficient (Wildman–Crippen LogP) is 3.66. The zero-order chi connectivity index (χ0) is 12.4. The van der Waals surface area contributed by atoms with Crippen LogP contribution in [0.5, 0.6) is 0 Å². The van der Waals surface area contributed by atoms with E-state index in [9.17, 15) is 4.79 Å². The second-order valence-corrected chi connectivity index (χ2v) is 6.93. The van der Waals surface area contributed by atoms with Gasteiger partial charge < -0.3 is 4.74 Å². The molecule has 0 aliphatic heterocycles. The molecule has 0 unspecified atom stereocenters. The molecule has 94 valence electrons. The van der Waals surface area contributed by atoms with E-state index in [1.54, 1.807) is 11.3 Å². The van der Waals surface area contributed by atoms with E-state index in [1.165, 1.54) is 13.5 Å². The van der Waals surface area contributed by atoms with Crippen LogP contribution in [0.15, 0.2) is 3.79 Å². The average Bonchev–Trinajstić information content (AvgIpc) is 2.67. The van der Waals surface area contributed by atoms with Crippen LogP contribution < -0.4 is 0 Å². The lowest BCUT2D eigenvalue weighted by Gasteiger charge is -2.28. The second kappa shape index (κ2) is 5.48. The molecule has 5 heteroatoms. The van der Waals surface area contributed by atoms with Gasteiger partial charge in [0.15, 0.2) is 0 Å². The zero-order valence-electron chi connectivity index (χ0n) is 10.0. The fraction of sp³-hybridized carbons (Fsp3) is 0.667. The van der Waals surface area contributed by atoms with Crippen LogP contribution in [0.2, 0.25) is 0 Å². The largest absolute Gasteiger partial charge is 0.469 e. The molecule has 0 N–H and O–H groups in total. The first kappa shape index (κ1) is 13.0. The quantitative estimate of drug-likeness (QED) is 0.781. The van der Waals surface area contributed by atoms with Crippen LogP contribution in [0.25, 0.3) is 0 Å². The van der Waals surface area contributed by atoms with Gasteiger partial charge in [-0.1, -0.05) is 12.8 Å². The predicted molar refractivity (Wildman–Crippen MR) is 71.3 cm³/mol. The molecule has 0 amide bonds. The summed E-state index contributed by atoms with van der Waals surface area (Å²) in [5, 5.41) is 1.04. The highest BCUT2D eigenvalue weighted by Gasteiger charge is 2.35. The highest BCUT2D eigenvalue weighted by Crippen LogP contribution is 2.42. The number of thiazole rings is 1. The van der Waals surface area contributed by atoms with Crippen molar-refractivity contribution < 1.29 is 9.53 Å². The third-order valence-corrected chi connectivity index (χ3v) is 5.00. The minimum absolute atomic E-state index is 0.0217. The van der Waals surface area contributed by atoms with Crippen LogP contribution in [0.4, 0.5) is 0 Å². The monoisotopic (exact) mass is 317 g/mol. The van der Waals surface area contributed by atoms with Gasteiger partial charge in [0.1, 0.15) is 0 Å². The molecule has 1 aliphatic rings. The van der Waals surface area contributed by atoms with Crippen LogP contribution in [0, 0.1) is 12.8 Å². The molecule has 0 radical (unpaired) electrons. The first-order chi connectivity index (χ1) is 8.13. The van der Waals surface area contributed by atoms with Crippen molar-refractivity contribution in [2.24, 2.45) is 5.92 Å². The Bertz CT molecular complexity index is 419. The van der Waals surface area contributed by atoms with Gasteiger partial charge in [0.25, 0.3) is 0 Å². The van der Waals surface area contributed by atoms with Gasteiger partial charge in [0.2, 0.25) is 0 Å².